The van der Waals surface area contributed by atoms with Crippen LogP contribution in [0.25, 0.3) is 22.3 Å². The summed E-state index contributed by atoms with van der Waals surface area (Å²) in [6.07, 6.45) is 0. The van der Waals surface area contributed by atoms with E-state index in [0.717, 1.165) is 22.6 Å². The van der Waals surface area contributed by atoms with Crippen LogP contribution in [0.4, 0.5) is 0 Å². The number of hydrogen-bond acceptors (Lipinski definition) is 2. The topological polar surface area (TPSA) is 18.5 Å². The minimum atomic E-state index is 0.813. The summed E-state index contributed by atoms with van der Waals surface area (Å²) in [6.45, 7) is 4.30. The Labute approximate surface area is 143 Å². The molecule has 3 aromatic carbocycles. The van der Waals surface area contributed by atoms with E-state index < -0.39 is 0 Å². The highest BCUT2D eigenvalue weighted by Gasteiger charge is 2.18. The fraction of sp³-hybridized carbons (Fsp3) is 0.182. The van der Waals surface area contributed by atoms with Crippen LogP contribution in [0, 0.1) is 13.8 Å². The van der Waals surface area contributed by atoms with Gasteiger partial charge < -0.3 is 9.47 Å². The third-order valence-corrected chi connectivity index (χ3v) is 4.37. The van der Waals surface area contributed by atoms with Gasteiger partial charge in [0.1, 0.15) is 11.5 Å². The molecule has 0 saturated heterocycles. The van der Waals surface area contributed by atoms with Crippen molar-refractivity contribution in [2.24, 2.45) is 0 Å². The molecular formula is C22H22O2. The SMILES string of the molecule is COc1cccc(OC)c1-c1ccccc1-c1c(C)cccc1C. The first-order valence-electron chi connectivity index (χ1n) is 8.04. The highest BCUT2D eigenvalue weighted by Crippen LogP contribution is 2.44. The van der Waals surface area contributed by atoms with Gasteiger partial charge in [0.2, 0.25) is 0 Å². The molecule has 0 aliphatic carbocycles. The Bertz CT molecular complexity index is 823. The minimum Gasteiger partial charge on any atom is -0.496 e. The molecule has 0 amide bonds. The maximum Gasteiger partial charge on any atom is 0.130 e. The molecule has 0 atom stereocenters. The Kier molecular flexibility index (Phi) is 4.57. The molecule has 0 spiro atoms. The largest absolute Gasteiger partial charge is 0.496 e. The zero-order valence-corrected chi connectivity index (χ0v) is 14.6. The number of rotatable bonds is 4. The van der Waals surface area contributed by atoms with Crippen LogP contribution in [0.2, 0.25) is 0 Å². The monoisotopic (exact) mass is 318 g/mol. The third kappa shape index (κ3) is 2.76. The predicted molar refractivity (Wildman–Crippen MR) is 99.9 cm³/mol. The molecule has 0 saturated carbocycles. The average molecular weight is 318 g/mol. The van der Waals surface area contributed by atoms with Gasteiger partial charge in [-0.15, -0.1) is 0 Å². The summed E-state index contributed by atoms with van der Waals surface area (Å²) >= 11 is 0. The first-order valence-corrected chi connectivity index (χ1v) is 8.04. The smallest absolute Gasteiger partial charge is 0.130 e. The molecule has 0 fully saturated rings. The van der Waals surface area contributed by atoms with Crippen molar-refractivity contribution >= 4 is 0 Å². The van der Waals surface area contributed by atoms with Gasteiger partial charge in [-0.25, -0.2) is 0 Å². The fourth-order valence-corrected chi connectivity index (χ4v) is 3.28. The van der Waals surface area contributed by atoms with E-state index >= 15 is 0 Å². The van der Waals surface area contributed by atoms with E-state index in [1.54, 1.807) is 14.2 Å². The molecule has 2 nitrogen and oxygen atoms in total. The molecule has 3 rings (SSSR count). The van der Waals surface area contributed by atoms with E-state index in [4.69, 9.17) is 9.47 Å². The van der Waals surface area contributed by atoms with Gasteiger partial charge in [0.15, 0.2) is 0 Å². The first kappa shape index (κ1) is 16.1. The van der Waals surface area contributed by atoms with Gasteiger partial charge in [-0.2, -0.15) is 0 Å². The van der Waals surface area contributed by atoms with Gasteiger partial charge in [-0.1, -0.05) is 48.5 Å². The van der Waals surface area contributed by atoms with Crippen molar-refractivity contribution in [2.45, 2.75) is 13.8 Å². The molecule has 0 aliphatic heterocycles. The second-order valence-corrected chi connectivity index (χ2v) is 5.85. The van der Waals surface area contributed by atoms with Gasteiger partial charge in [-0.3, -0.25) is 0 Å². The zero-order chi connectivity index (χ0) is 17.1. The lowest BCUT2D eigenvalue weighted by atomic mass is 9.89. The molecule has 0 bridgehead atoms. The van der Waals surface area contributed by atoms with Crippen molar-refractivity contribution in [3.05, 3.63) is 71.8 Å². The summed E-state index contributed by atoms with van der Waals surface area (Å²) in [5, 5.41) is 0. The Hall–Kier alpha value is -2.74. The molecule has 0 N–H and O–H groups in total. The maximum atomic E-state index is 5.61. The number of methoxy groups -OCH3 is 2. The first-order chi connectivity index (χ1) is 11.7. The molecule has 0 aromatic heterocycles. The quantitative estimate of drug-likeness (QED) is 0.618. The van der Waals surface area contributed by atoms with Crippen LogP contribution in [0.3, 0.4) is 0 Å². The van der Waals surface area contributed by atoms with Gasteiger partial charge >= 0.3 is 0 Å². The normalized spacial score (nSPS) is 10.5. The summed E-state index contributed by atoms with van der Waals surface area (Å²) in [6, 6.07) is 20.7. The van der Waals surface area contributed by atoms with Crippen LogP contribution in [-0.4, -0.2) is 14.2 Å². The molecular weight excluding hydrogens is 296 g/mol. The minimum absolute atomic E-state index is 0.813. The highest BCUT2D eigenvalue weighted by molar-refractivity contribution is 5.90. The second kappa shape index (κ2) is 6.79. The Balaban J connectivity index is 2.34. The molecule has 24 heavy (non-hydrogen) atoms. The lowest BCUT2D eigenvalue weighted by Crippen LogP contribution is -1.96. The maximum absolute atomic E-state index is 5.61. The van der Waals surface area contributed by atoms with E-state index in [1.165, 1.54) is 22.3 Å². The molecule has 0 heterocycles. The molecule has 3 aromatic rings. The van der Waals surface area contributed by atoms with Crippen LogP contribution < -0.4 is 9.47 Å². The average Bonchev–Trinajstić information content (AvgIpc) is 2.61. The number of hydrogen-bond donors (Lipinski definition) is 0. The van der Waals surface area contributed by atoms with Crippen molar-refractivity contribution in [2.75, 3.05) is 14.2 Å². The van der Waals surface area contributed by atoms with Crippen molar-refractivity contribution < 1.29 is 9.47 Å². The fourth-order valence-electron chi connectivity index (χ4n) is 3.28. The van der Waals surface area contributed by atoms with Crippen LogP contribution in [0.15, 0.2) is 60.7 Å². The lowest BCUT2D eigenvalue weighted by molar-refractivity contribution is 0.397. The standard InChI is InChI=1S/C22H22O2/c1-15-9-7-10-16(2)21(15)17-11-5-6-12-18(17)22-19(23-3)13-8-14-20(22)24-4/h5-14H,1-4H3. The van der Waals surface area contributed by atoms with Crippen molar-refractivity contribution in [1.82, 2.24) is 0 Å². The molecule has 122 valence electrons. The Morgan fingerprint density at radius 3 is 1.50 bits per heavy atom. The number of aryl methyl sites for hydroxylation is 2. The van der Waals surface area contributed by atoms with Gasteiger partial charge in [-0.05, 0) is 53.8 Å². The van der Waals surface area contributed by atoms with Crippen molar-refractivity contribution in [1.29, 1.82) is 0 Å². The van der Waals surface area contributed by atoms with E-state index in [0.29, 0.717) is 0 Å². The molecule has 0 radical (unpaired) electrons. The van der Waals surface area contributed by atoms with Crippen LogP contribution in [-0.2, 0) is 0 Å². The number of ether oxygens (including phenoxy) is 2. The third-order valence-electron chi connectivity index (χ3n) is 4.37. The summed E-state index contributed by atoms with van der Waals surface area (Å²) in [5.41, 5.74) is 7.08. The zero-order valence-electron chi connectivity index (χ0n) is 14.6. The summed E-state index contributed by atoms with van der Waals surface area (Å²) in [5.74, 6) is 1.63. The summed E-state index contributed by atoms with van der Waals surface area (Å²) < 4.78 is 11.2. The van der Waals surface area contributed by atoms with Gasteiger partial charge in [0, 0.05) is 0 Å². The number of benzene rings is 3. The van der Waals surface area contributed by atoms with E-state index in [2.05, 4.69) is 56.3 Å². The van der Waals surface area contributed by atoms with Crippen LogP contribution in [0.5, 0.6) is 11.5 Å². The second-order valence-electron chi connectivity index (χ2n) is 5.85. The summed E-state index contributed by atoms with van der Waals surface area (Å²) in [7, 11) is 3.39. The predicted octanol–water partition coefficient (Wildman–Crippen LogP) is 5.65. The lowest BCUT2D eigenvalue weighted by Gasteiger charge is -2.18. The van der Waals surface area contributed by atoms with E-state index in [-0.39, 0.29) is 0 Å². The van der Waals surface area contributed by atoms with Gasteiger partial charge in [0.05, 0.1) is 19.8 Å². The molecule has 0 unspecified atom stereocenters. The van der Waals surface area contributed by atoms with Crippen molar-refractivity contribution in [3.63, 3.8) is 0 Å². The van der Waals surface area contributed by atoms with E-state index in [1.807, 2.05) is 18.2 Å². The van der Waals surface area contributed by atoms with Crippen LogP contribution >= 0.6 is 0 Å². The Morgan fingerprint density at radius 2 is 1.00 bits per heavy atom. The summed E-state index contributed by atoms with van der Waals surface area (Å²) in [4.78, 5) is 0. The van der Waals surface area contributed by atoms with E-state index in [9.17, 15) is 0 Å². The molecule has 0 aliphatic rings. The molecule has 2 heteroatoms. The van der Waals surface area contributed by atoms with Gasteiger partial charge in [0.25, 0.3) is 0 Å². The van der Waals surface area contributed by atoms with Crippen molar-refractivity contribution in [3.8, 4) is 33.8 Å². The highest BCUT2D eigenvalue weighted by atomic mass is 16.5. The van der Waals surface area contributed by atoms with Crippen LogP contribution in [0.1, 0.15) is 11.1 Å². The Morgan fingerprint density at radius 1 is 0.542 bits per heavy atom.